The van der Waals surface area contributed by atoms with Crippen molar-refractivity contribution in [2.24, 2.45) is 0 Å². The second-order valence-corrected chi connectivity index (χ2v) is 9.70. The number of benzene rings is 1. The highest BCUT2D eigenvalue weighted by Crippen LogP contribution is 2.33. The van der Waals surface area contributed by atoms with E-state index in [1.807, 2.05) is 17.5 Å². The first kappa shape index (κ1) is 17.7. The van der Waals surface area contributed by atoms with Crippen LogP contribution in [0.3, 0.4) is 0 Å². The summed E-state index contributed by atoms with van der Waals surface area (Å²) >= 11 is 13.4. The molecule has 4 nitrogen and oxygen atoms in total. The maximum Gasteiger partial charge on any atom is 0.255 e. The van der Waals surface area contributed by atoms with Crippen LogP contribution < -0.4 is 0 Å². The van der Waals surface area contributed by atoms with Crippen molar-refractivity contribution in [3.63, 3.8) is 0 Å². The molecule has 0 spiro atoms. The first-order valence-electron chi connectivity index (χ1n) is 7.38. The molecular weight excluding hydrogens is 389 g/mol. The lowest BCUT2D eigenvalue weighted by Gasteiger charge is -2.20. The maximum atomic E-state index is 12.7. The Bertz CT molecular complexity index is 850. The quantitative estimate of drug-likeness (QED) is 0.759. The van der Waals surface area contributed by atoms with Crippen LogP contribution in [0, 0.1) is 0 Å². The van der Waals surface area contributed by atoms with Crippen molar-refractivity contribution in [2.45, 2.75) is 11.7 Å². The minimum absolute atomic E-state index is 0.0491. The van der Waals surface area contributed by atoms with E-state index in [2.05, 4.69) is 0 Å². The molecular formula is C16H15Cl2NO3S2. The molecule has 8 heteroatoms. The van der Waals surface area contributed by atoms with E-state index in [-0.39, 0.29) is 23.2 Å². The van der Waals surface area contributed by atoms with Crippen molar-refractivity contribution in [1.29, 1.82) is 0 Å². The molecule has 1 aromatic carbocycles. The van der Waals surface area contributed by atoms with Gasteiger partial charge < -0.3 is 4.90 Å². The highest BCUT2D eigenvalue weighted by Gasteiger charge is 2.33. The molecule has 128 valence electrons. The van der Waals surface area contributed by atoms with E-state index >= 15 is 0 Å². The van der Waals surface area contributed by atoms with E-state index < -0.39 is 15.1 Å². The molecule has 0 N–H and O–H groups in total. The molecule has 1 atom stereocenters. The Morgan fingerprint density at radius 3 is 2.67 bits per heavy atom. The zero-order valence-electron chi connectivity index (χ0n) is 12.6. The second kappa shape index (κ2) is 7.04. The van der Waals surface area contributed by atoms with E-state index in [1.165, 1.54) is 17.4 Å². The van der Waals surface area contributed by atoms with Crippen molar-refractivity contribution in [3.05, 3.63) is 56.2 Å². The fourth-order valence-corrected chi connectivity index (χ4v) is 6.27. The summed E-state index contributed by atoms with van der Waals surface area (Å²) in [6.45, 7) is 0.543. The Labute approximate surface area is 154 Å². The van der Waals surface area contributed by atoms with Crippen LogP contribution in [0.15, 0.2) is 35.7 Å². The lowest BCUT2D eigenvalue weighted by molar-refractivity contribution is 0.0767. The number of hydrogen-bond acceptors (Lipinski definition) is 4. The van der Waals surface area contributed by atoms with Gasteiger partial charge in [0.05, 0.1) is 21.6 Å². The summed E-state index contributed by atoms with van der Waals surface area (Å²) in [5.41, 5.74) is 0.341. The molecule has 1 unspecified atom stereocenters. The predicted molar refractivity (Wildman–Crippen MR) is 97.8 cm³/mol. The number of carbonyl (C=O) groups is 1. The minimum Gasteiger partial charge on any atom is -0.338 e. The summed E-state index contributed by atoms with van der Waals surface area (Å²) in [4.78, 5) is 15.1. The summed E-state index contributed by atoms with van der Waals surface area (Å²) in [6.07, 6.45) is 0.389. The molecule has 2 heterocycles. The Morgan fingerprint density at radius 2 is 2.00 bits per heavy atom. The van der Waals surface area contributed by atoms with Gasteiger partial charge in [-0.3, -0.25) is 4.79 Å². The molecule has 0 bridgehead atoms. The third kappa shape index (κ3) is 3.61. The maximum absolute atomic E-state index is 12.7. The fourth-order valence-electron chi connectivity index (χ4n) is 2.77. The molecule has 1 fully saturated rings. The number of amides is 1. The topological polar surface area (TPSA) is 54.5 Å². The number of carbonyl (C=O) groups excluding carboxylic acids is 1. The van der Waals surface area contributed by atoms with Crippen LogP contribution in [0.4, 0.5) is 0 Å². The summed E-state index contributed by atoms with van der Waals surface area (Å²) in [5, 5.41) is 2.05. The van der Waals surface area contributed by atoms with E-state index in [9.17, 15) is 13.2 Å². The number of nitrogens with zero attached hydrogens (tertiary/aromatic N) is 1. The molecule has 0 aliphatic carbocycles. The zero-order chi connectivity index (χ0) is 17.3. The number of hydrogen-bond donors (Lipinski definition) is 0. The largest absolute Gasteiger partial charge is 0.338 e. The van der Waals surface area contributed by atoms with Crippen molar-refractivity contribution >= 4 is 50.3 Å². The number of thiophene rings is 1. The third-order valence-electron chi connectivity index (χ3n) is 4.05. The van der Waals surface area contributed by atoms with Crippen molar-refractivity contribution in [3.8, 4) is 0 Å². The fraction of sp³-hybridized carbons (Fsp3) is 0.312. The molecule has 3 rings (SSSR count). The molecule has 0 radical (unpaired) electrons. The lowest BCUT2D eigenvalue weighted by atomic mass is 10.1. The van der Waals surface area contributed by atoms with Crippen LogP contribution in [0.2, 0.25) is 10.0 Å². The molecule has 1 saturated heterocycles. The average molecular weight is 404 g/mol. The average Bonchev–Trinajstić information content (AvgIpc) is 2.98. The van der Waals surface area contributed by atoms with Gasteiger partial charge in [0, 0.05) is 23.0 Å². The van der Waals surface area contributed by atoms with Gasteiger partial charge in [0.15, 0.2) is 9.84 Å². The summed E-state index contributed by atoms with van der Waals surface area (Å²) in [6, 6.07) is 8.36. The van der Waals surface area contributed by atoms with Crippen LogP contribution in [0.1, 0.15) is 26.9 Å². The molecule has 24 heavy (non-hydrogen) atoms. The van der Waals surface area contributed by atoms with E-state index in [1.54, 1.807) is 17.0 Å². The standard InChI is InChI=1S/C16H15Cl2NO3S2/c17-11-3-4-12(13(18)10-11)16(20)19-6-5-15(14-2-1-8-23-14)24(21,22)9-7-19/h1-4,8,10,15H,5-7,9H2. The Kier molecular flexibility index (Phi) is 5.20. The Balaban J connectivity index is 1.83. The molecule has 1 aliphatic heterocycles. The first-order chi connectivity index (χ1) is 11.4. The smallest absolute Gasteiger partial charge is 0.255 e. The predicted octanol–water partition coefficient (Wildman–Crippen LogP) is 4.06. The van der Waals surface area contributed by atoms with E-state index in [0.717, 1.165) is 4.88 Å². The molecule has 0 saturated carbocycles. The van der Waals surface area contributed by atoms with Gasteiger partial charge in [0.1, 0.15) is 0 Å². The van der Waals surface area contributed by atoms with E-state index in [4.69, 9.17) is 23.2 Å². The molecule has 2 aromatic rings. The number of rotatable bonds is 2. The monoisotopic (exact) mass is 403 g/mol. The van der Waals surface area contributed by atoms with Crippen LogP contribution in [0.5, 0.6) is 0 Å². The van der Waals surface area contributed by atoms with Crippen LogP contribution in [-0.4, -0.2) is 38.1 Å². The number of sulfone groups is 1. The first-order valence-corrected chi connectivity index (χ1v) is 10.7. The van der Waals surface area contributed by atoms with Crippen molar-refractivity contribution in [1.82, 2.24) is 4.90 Å². The summed E-state index contributed by atoms with van der Waals surface area (Å²) in [5.74, 6) is -0.314. The van der Waals surface area contributed by atoms with Crippen LogP contribution >= 0.6 is 34.5 Å². The van der Waals surface area contributed by atoms with Gasteiger partial charge in [0.25, 0.3) is 5.91 Å². The molecule has 1 amide bonds. The van der Waals surface area contributed by atoms with Crippen molar-refractivity contribution in [2.75, 3.05) is 18.8 Å². The SMILES string of the molecule is O=C(c1ccc(Cl)cc1Cl)N1CCC(c2cccs2)S(=O)(=O)CC1. The van der Waals surface area contributed by atoms with Crippen molar-refractivity contribution < 1.29 is 13.2 Å². The van der Waals surface area contributed by atoms with Gasteiger partial charge in [-0.2, -0.15) is 0 Å². The van der Waals surface area contributed by atoms with E-state index in [0.29, 0.717) is 23.6 Å². The molecule has 1 aliphatic rings. The highest BCUT2D eigenvalue weighted by molar-refractivity contribution is 7.91. The van der Waals surface area contributed by atoms with Gasteiger partial charge in [-0.25, -0.2) is 8.42 Å². The second-order valence-electron chi connectivity index (χ2n) is 5.58. The van der Waals surface area contributed by atoms with Gasteiger partial charge >= 0.3 is 0 Å². The third-order valence-corrected chi connectivity index (χ3v) is 7.84. The Hall–Kier alpha value is -1.08. The molecule has 1 aromatic heterocycles. The van der Waals surface area contributed by atoms with Gasteiger partial charge in [-0.1, -0.05) is 29.3 Å². The Morgan fingerprint density at radius 1 is 1.21 bits per heavy atom. The number of halogens is 2. The van der Waals surface area contributed by atoms with Crippen LogP contribution in [-0.2, 0) is 9.84 Å². The summed E-state index contributed by atoms with van der Waals surface area (Å²) < 4.78 is 25.1. The lowest BCUT2D eigenvalue weighted by Crippen LogP contribution is -2.33. The van der Waals surface area contributed by atoms with Gasteiger partial charge in [0.2, 0.25) is 0 Å². The summed E-state index contributed by atoms with van der Waals surface area (Å²) in [7, 11) is -3.29. The zero-order valence-corrected chi connectivity index (χ0v) is 15.8. The van der Waals surface area contributed by atoms with Gasteiger partial charge in [-0.05, 0) is 36.1 Å². The van der Waals surface area contributed by atoms with Gasteiger partial charge in [-0.15, -0.1) is 11.3 Å². The van der Waals surface area contributed by atoms with Crippen LogP contribution in [0.25, 0.3) is 0 Å². The normalized spacial score (nSPS) is 20.6. The minimum atomic E-state index is -3.29. The highest BCUT2D eigenvalue weighted by atomic mass is 35.5.